The van der Waals surface area contributed by atoms with Gasteiger partial charge in [0.2, 0.25) is 0 Å². The number of rotatable bonds is 3. The highest BCUT2D eigenvalue weighted by Crippen LogP contribution is 2.19. The van der Waals surface area contributed by atoms with Crippen LogP contribution in [-0.4, -0.2) is 5.25 Å². The smallest absolute Gasteiger partial charge is 0.00375 e. The molecule has 0 radical (unpaired) electrons. The van der Waals surface area contributed by atoms with Gasteiger partial charge >= 0.3 is 0 Å². The van der Waals surface area contributed by atoms with Crippen LogP contribution in [0, 0.1) is 0 Å². The molecule has 0 aliphatic heterocycles. The van der Waals surface area contributed by atoms with E-state index >= 15 is 0 Å². The first-order valence-corrected chi connectivity index (χ1v) is 4.03. The fraction of sp³-hybridized carbons (Fsp3) is 0.500. The summed E-state index contributed by atoms with van der Waals surface area (Å²) in [7, 11) is 0. The molecule has 0 unspecified atom stereocenters. The molecule has 0 nitrogen and oxygen atoms in total. The summed E-state index contributed by atoms with van der Waals surface area (Å²) >= 11 is 1.80. The summed E-state index contributed by atoms with van der Waals surface area (Å²) in [5.74, 6) is 0. The van der Waals surface area contributed by atoms with Crippen molar-refractivity contribution in [1.82, 2.24) is 0 Å². The predicted molar refractivity (Wildman–Crippen MR) is 46.7 cm³/mol. The molecule has 0 N–H and O–H groups in total. The minimum atomic E-state index is 0.647. The molecule has 0 aliphatic carbocycles. The van der Waals surface area contributed by atoms with Crippen LogP contribution in [0.25, 0.3) is 0 Å². The molecule has 0 rings (SSSR count). The van der Waals surface area contributed by atoms with E-state index in [4.69, 9.17) is 0 Å². The lowest BCUT2D eigenvalue weighted by atomic mass is 10.5. The third-order valence-electron chi connectivity index (χ3n) is 0.740. The molecule has 9 heavy (non-hydrogen) atoms. The van der Waals surface area contributed by atoms with Gasteiger partial charge in [0.1, 0.15) is 0 Å². The monoisotopic (exact) mass is 142 g/mol. The van der Waals surface area contributed by atoms with E-state index in [-0.39, 0.29) is 0 Å². The molecule has 0 saturated carbocycles. The first-order chi connectivity index (χ1) is 4.16. The molecule has 0 saturated heterocycles. The Bertz CT molecular complexity index is 112. The SMILES string of the molecule is C=C(/C=C\C)SC(C)C. The molecule has 0 heterocycles. The molecule has 0 fully saturated rings. The Labute approximate surface area is 62.0 Å². The zero-order chi connectivity index (χ0) is 7.28. The zero-order valence-electron chi connectivity index (χ0n) is 6.35. The average molecular weight is 142 g/mol. The van der Waals surface area contributed by atoms with Crippen molar-refractivity contribution in [3.8, 4) is 0 Å². The van der Waals surface area contributed by atoms with E-state index < -0.39 is 0 Å². The second kappa shape index (κ2) is 4.68. The van der Waals surface area contributed by atoms with Gasteiger partial charge < -0.3 is 0 Å². The van der Waals surface area contributed by atoms with Gasteiger partial charge in [0, 0.05) is 5.25 Å². The van der Waals surface area contributed by atoms with Crippen molar-refractivity contribution in [2.24, 2.45) is 0 Å². The maximum Gasteiger partial charge on any atom is 0.00375 e. The second-order valence-electron chi connectivity index (χ2n) is 2.13. The van der Waals surface area contributed by atoms with Gasteiger partial charge in [-0.3, -0.25) is 0 Å². The standard InChI is InChI=1S/C8H14S/c1-5-6-8(4)9-7(2)3/h5-7H,4H2,1-3H3/b6-5-. The van der Waals surface area contributed by atoms with E-state index in [0.717, 1.165) is 4.91 Å². The summed E-state index contributed by atoms with van der Waals surface area (Å²) in [5.41, 5.74) is 0. The quantitative estimate of drug-likeness (QED) is 0.545. The Hall–Kier alpha value is -0.170. The number of allylic oxidation sites excluding steroid dienone is 2. The van der Waals surface area contributed by atoms with Crippen LogP contribution in [0.1, 0.15) is 20.8 Å². The Morgan fingerprint density at radius 2 is 2.11 bits per heavy atom. The van der Waals surface area contributed by atoms with Crippen LogP contribution in [0.3, 0.4) is 0 Å². The molecule has 0 spiro atoms. The van der Waals surface area contributed by atoms with Crippen LogP contribution in [0.2, 0.25) is 0 Å². The molecule has 0 bridgehead atoms. The number of hydrogen-bond acceptors (Lipinski definition) is 1. The van der Waals surface area contributed by atoms with Gasteiger partial charge in [0.05, 0.1) is 0 Å². The normalized spacial score (nSPS) is 11.1. The van der Waals surface area contributed by atoms with Crippen LogP contribution >= 0.6 is 11.8 Å². The molecule has 0 aromatic carbocycles. The van der Waals surface area contributed by atoms with Gasteiger partial charge in [0.25, 0.3) is 0 Å². The molecular formula is C8H14S. The topological polar surface area (TPSA) is 0 Å². The average Bonchev–Trinajstić information content (AvgIpc) is 1.63. The van der Waals surface area contributed by atoms with E-state index in [2.05, 4.69) is 20.4 Å². The highest BCUT2D eigenvalue weighted by atomic mass is 32.2. The predicted octanol–water partition coefficient (Wildman–Crippen LogP) is 3.22. The van der Waals surface area contributed by atoms with Crippen LogP contribution in [-0.2, 0) is 0 Å². The molecule has 1 heteroatoms. The molecule has 0 aromatic heterocycles. The Morgan fingerprint density at radius 3 is 2.44 bits per heavy atom. The third-order valence-corrected chi connectivity index (χ3v) is 1.65. The summed E-state index contributed by atoms with van der Waals surface area (Å²) in [5, 5.41) is 0.647. The van der Waals surface area contributed by atoms with Crippen LogP contribution < -0.4 is 0 Å². The van der Waals surface area contributed by atoms with Crippen molar-refractivity contribution < 1.29 is 0 Å². The van der Waals surface area contributed by atoms with E-state index in [9.17, 15) is 0 Å². The molecule has 0 aromatic rings. The molecule has 52 valence electrons. The van der Waals surface area contributed by atoms with Crippen molar-refractivity contribution in [2.45, 2.75) is 26.0 Å². The lowest BCUT2D eigenvalue weighted by molar-refractivity contribution is 1.12. The van der Waals surface area contributed by atoms with Crippen molar-refractivity contribution in [3.63, 3.8) is 0 Å². The molecule has 0 amide bonds. The summed E-state index contributed by atoms with van der Waals surface area (Å²) in [4.78, 5) is 1.15. The van der Waals surface area contributed by atoms with Crippen LogP contribution in [0.15, 0.2) is 23.6 Å². The van der Waals surface area contributed by atoms with Crippen molar-refractivity contribution in [2.75, 3.05) is 0 Å². The third kappa shape index (κ3) is 5.71. The van der Waals surface area contributed by atoms with Gasteiger partial charge in [-0.2, -0.15) is 0 Å². The lowest BCUT2D eigenvalue weighted by Crippen LogP contribution is -1.84. The largest absolute Gasteiger partial charge is 0.124 e. The minimum Gasteiger partial charge on any atom is -0.124 e. The fourth-order valence-corrected chi connectivity index (χ4v) is 1.35. The Morgan fingerprint density at radius 1 is 1.56 bits per heavy atom. The van der Waals surface area contributed by atoms with Gasteiger partial charge in [0.15, 0.2) is 0 Å². The highest BCUT2D eigenvalue weighted by molar-refractivity contribution is 8.03. The first-order valence-electron chi connectivity index (χ1n) is 3.15. The van der Waals surface area contributed by atoms with E-state index in [1.54, 1.807) is 11.8 Å². The van der Waals surface area contributed by atoms with Crippen molar-refractivity contribution in [3.05, 3.63) is 23.6 Å². The van der Waals surface area contributed by atoms with Crippen LogP contribution in [0.5, 0.6) is 0 Å². The van der Waals surface area contributed by atoms with E-state index in [1.165, 1.54) is 0 Å². The minimum absolute atomic E-state index is 0.647. The summed E-state index contributed by atoms with van der Waals surface area (Å²) in [6.45, 7) is 10.2. The van der Waals surface area contributed by atoms with E-state index in [1.807, 2.05) is 19.1 Å². The maximum atomic E-state index is 3.86. The highest BCUT2D eigenvalue weighted by Gasteiger charge is 1.93. The Balaban J connectivity index is 3.51. The van der Waals surface area contributed by atoms with Crippen molar-refractivity contribution in [1.29, 1.82) is 0 Å². The van der Waals surface area contributed by atoms with Gasteiger partial charge in [-0.25, -0.2) is 0 Å². The summed E-state index contributed by atoms with van der Waals surface area (Å²) in [6, 6.07) is 0. The van der Waals surface area contributed by atoms with Gasteiger partial charge in [-0.05, 0) is 11.8 Å². The Kier molecular flexibility index (Phi) is 4.60. The molecule has 0 aliphatic rings. The summed E-state index contributed by atoms with van der Waals surface area (Å²) < 4.78 is 0. The fourth-order valence-electron chi connectivity index (χ4n) is 0.528. The maximum absolute atomic E-state index is 3.86. The number of thioether (sulfide) groups is 1. The van der Waals surface area contributed by atoms with Gasteiger partial charge in [-0.1, -0.05) is 32.6 Å². The molecule has 0 atom stereocenters. The molecular weight excluding hydrogens is 128 g/mol. The summed E-state index contributed by atoms with van der Waals surface area (Å²) in [6.07, 6.45) is 4.04. The van der Waals surface area contributed by atoms with Crippen LogP contribution in [0.4, 0.5) is 0 Å². The van der Waals surface area contributed by atoms with E-state index in [0.29, 0.717) is 5.25 Å². The zero-order valence-corrected chi connectivity index (χ0v) is 7.16. The second-order valence-corrected chi connectivity index (χ2v) is 3.84. The lowest BCUT2D eigenvalue weighted by Gasteiger charge is -2.01. The van der Waals surface area contributed by atoms with Gasteiger partial charge in [-0.15, -0.1) is 11.8 Å². The number of hydrogen-bond donors (Lipinski definition) is 0. The first kappa shape index (κ1) is 8.83. The van der Waals surface area contributed by atoms with Crippen molar-refractivity contribution >= 4 is 11.8 Å².